The number of ether oxygens (including phenoxy) is 1. The van der Waals surface area contributed by atoms with Gasteiger partial charge in [-0.3, -0.25) is 4.79 Å². The van der Waals surface area contributed by atoms with Gasteiger partial charge >= 0.3 is 0 Å². The van der Waals surface area contributed by atoms with Crippen molar-refractivity contribution < 1.29 is 9.53 Å². The molecule has 0 saturated heterocycles. The van der Waals surface area contributed by atoms with Crippen molar-refractivity contribution in [1.29, 1.82) is 0 Å². The average molecular weight is 207 g/mol. The largest absolute Gasteiger partial charge is 0.496 e. The molecule has 0 spiro atoms. The van der Waals surface area contributed by atoms with Crippen LogP contribution in [0.4, 0.5) is 0 Å². The van der Waals surface area contributed by atoms with E-state index in [2.05, 4.69) is 5.32 Å². The molecule has 3 nitrogen and oxygen atoms in total. The molecule has 82 valence electrons. The van der Waals surface area contributed by atoms with Crippen molar-refractivity contribution in [2.75, 3.05) is 20.7 Å². The molecule has 0 heterocycles. The fourth-order valence-corrected chi connectivity index (χ4v) is 1.41. The first-order chi connectivity index (χ1) is 7.19. The summed E-state index contributed by atoms with van der Waals surface area (Å²) in [5, 5.41) is 2.96. The van der Waals surface area contributed by atoms with Gasteiger partial charge in [0.15, 0.2) is 5.78 Å². The molecule has 0 saturated carbocycles. The van der Waals surface area contributed by atoms with Crippen molar-refractivity contribution in [2.45, 2.75) is 13.3 Å². The standard InChI is InChI=1S/C12H17NO2/c1-9-4-5-12(15-3)10(8-9)11(14)6-7-13-2/h4-5,8,13H,6-7H2,1-3H3. The van der Waals surface area contributed by atoms with Gasteiger partial charge in [-0.25, -0.2) is 0 Å². The highest BCUT2D eigenvalue weighted by atomic mass is 16.5. The van der Waals surface area contributed by atoms with Crippen molar-refractivity contribution in [3.05, 3.63) is 29.3 Å². The second-order valence-electron chi connectivity index (χ2n) is 3.48. The van der Waals surface area contributed by atoms with E-state index < -0.39 is 0 Å². The maximum absolute atomic E-state index is 11.8. The van der Waals surface area contributed by atoms with E-state index in [1.165, 1.54) is 0 Å². The second-order valence-corrected chi connectivity index (χ2v) is 3.48. The van der Waals surface area contributed by atoms with Crippen molar-refractivity contribution in [1.82, 2.24) is 5.32 Å². The predicted octanol–water partition coefficient (Wildman–Crippen LogP) is 1.80. The van der Waals surface area contributed by atoms with Gasteiger partial charge in [0.2, 0.25) is 0 Å². The third-order valence-electron chi connectivity index (χ3n) is 2.26. The Hall–Kier alpha value is -1.35. The first-order valence-electron chi connectivity index (χ1n) is 5.01. The number of Topliss-reactive ketones (excluding diaryl/α,β-unsaturated/α-hetero) is 1. The van der Waals surface area contributed by atoms with Crippen LogP contribution in [-0.2, 0) is 0 Å². The monoisotopic (exact) mass is 207 g/mol. The Morgan fingerprint density at radius 2 is 2.20 bits per heavy atom. The quantitative estimate of drug-likeness (QED) is 0.748. The number of hydrogen-bond acceptors (Lipinski definition) is 3. The SMILES string of the molecule is CNCCC(=O)c1cc(C)ccc1OC. The van der Waals surface area contributed by atoms with E-state index >= 15 is 0 Å². The third kappa shape index (κ3) is 3.06. The van der Waals surface area contributed by atoms with Gasteiger partial charge in [-0.2, -0.15) is 0 Å². The topological polar surface area (TPSA) is 38.3 Å². The molecule has 0 aliphatic rings. The summed E-state index contributed by atoms with van der Waals surface area (Å²) in [5.74, 6) is 0.770. The molecule has 0 aliphatic heterocycles. The zero-order valence-electron chi connectivity index (χ0n) is 9.46. The summed E-state index contributed by atoms with van der Waals surface area (Å²) in [5.41, 5.74) is 1.75. The normalized spacial score (nSPS) is 10.1. The van der Waals surface area contributed by atoms with E-state index in [1.54, 1.807) is 7.11 Å². The molecule has 0 fully saturated rings. The number of benzene rings is 1. The lowest BCUT2D eigenvalue weighted by atomic mass is 10.0. The summed E-state index contributed by atoms with van der Waals surface area (Å²) in [4.78, 5) is 11.8. The fraction of sp³-hybridized carbons (Fsp3) is 0.417. The van der Waals surface area contributed by atoms with E-state index in [0.717, 1.165) is 5.56 Å². The molecule has 0 bridgehead atoms. The van der Waals surface area contributed by atoms with E-state index in [-0.39, 0.29) is 5.78 Å². The highest BCUT2D eigenvalue weighted by Gasteiger charge is 2.11. The van der Waals surface area contributed by atoms with Gasteiger partial charge in [-0.05, 0) is 26.1 Å². The van der Waals surface area contributed by atoms with Gasteiger partial charge in [-0.1, -0.05) is 11.6 Å². The molecule has 0 radical (unpaired) electrons. The van der Waals surface area contributed by atoms with Gasteiger partial charge < -0.3 is 10.1 Å². The molecular formula is C12H17NO2. The molecule has 0 aliphatic carbocycles. The molecule has 0 amide bonds. The Bertz CT molecular complexity index is 347. The highest BCUT2D eigenvalue weighted by molar-refractivity contribution is 5.98. The Kier molecular flexibility index (Phi) is 4.31. The minimum absolute atomic E-state index is 0.116. The van der Waals surface area contributed by atoms with Crippen LogP contribution in [0.1, 0.15) is 22.3 Å². The van der Waals surface area contributed by atoms with Gasteiger partial charge in [0.05, 0.1) is 12.7 Å². The Morgan fingerprint density at radius 1 is 1.47 bits per heavy atom. The van der Waals surface area contributed by atoms with Crippen LogP contribution in [-0.4, -0.2) is 26.5 Å². The van der Waals surface area contributed by atoms with Crippen LogP contribution in [0, 0.1) is 6.92 Å². The predicted molar refractivity (Wildman–Crippen MR) is 60.6 cm³/mol. The van der Waals surface area contributed by atoms with E-state index in [9.17, 15) is 4.79 Å². The molecule has 1 rings (SSSR count). The first kappa shape index (κ1) is 11.7. The molecule has 1 aromatic rings. The van der Waals surface area contributed by atoms with Crippen LogP contribution in [0.3, 0.4) is 0 Å². The van der Waals surface area contributed by atoms with Gasteiger partial charge in [0.1, 0.15) is 5.75 Å². The van der Waals surface area contributed by atoms with Crippen LogP contribution in [0.25, 0.3) is 0 Å². The van der Waals surface area contributed by atoms with Crippen molar-refractivity contribution in [3.8, 4) is 5.75 Å². The number of carbonyl (C=O) groups is 1. The molecular weight excluding hydrogens is 190 g/mol. The van der Waals surface area contributed by atoms with Gasteiger partial charge in [0, 0.05) is 13.0 Å². The Morgan fingerprint density at radius 3 is 2.80 bits per heavy atom. The van der Waals surface area contributed by atoms with E-state index in [1.807, 2.05) is 32.2 Å². The third-order valence-corrected chi connectivity index (χ3v) is 2.26. The van der Waals surface area contributed by atoms with Crippen LogP contribution < -0.4 is 10.1 Å². The number of aryl methyl sites for hydroxylation is 1. The average Bonchev–Trinajstić information content (AvgIpc) is 2.25. The molecule has 15 heavy (non-hydrogen) atoms. The van der Waals surface area contributed by atoms with Crippen LogP contribution in [0.2, 0.25) is 0 Å². The molecule has 1 N–H and O–H groups in total. The van der Waals surface area contributed by atoms with Crippen LogP contribution >= 0.6 is 0 Å². The molecule has 3 heteroatoms. The fourth-order valence-electron chi connectivity index (χ4n) is 1.41. The lowest BCUT2D eigenvalue weighted by Crippen LogP contribution is -2.13. The highest BCUT2D eigenvalue weighted by Crippen LogP contribution is 2.20. The number of nitrogens with one attached hydrogen (secondary N) is 1. The van der Waals surface area contributed by atoms with Gasteiger partial charge in [0.25, 0.3) is 0 Å². The Labute approximate surface area is 90.4 Å². The zero-order chi connectivity index (χ0) is 11.3. The number of hydrogen-bond donors (Lipinski definition) is 1. The number of rotatable bonds is 5. The molecule has 0 atom stereocenters. The number of methoxy groups -OCH3 is 1. The number of carbonyl (C=O) groups excluding carboxylic acids is 1. The van der Waals surface area contributed by atoms with Crippen molar-refractivity contribution >= 4 is 5.78 Å². The summed E-state index contributed by atoms with van der Waals surface area (Å²) >= 11 is 0. The summed E-state index contributed by atoms with van der Waals surface area (Å²) in [6, 6.07) is 5.65. The minimum Gasteiger partial charge on any atom is -0.496 e. The maximum Gasteiger partial charge on any atom is 0.167 e. The minimum atomic E-state index is 0.116. The lowest BCUT2D eigenvalue weighted by Gasteiger charge is -2.08. The molecule has 0 unspecified atom stereocenters. The maximum atomic E-state index is 11.8. The van der Waals surface area contributed by atoms with Crippen molar-refractivity contribution in [3.63, 3.8) is 0 Å². The Balaban J connectivity index is 2.90. The van der Waals surface area contributed by atoms with E-state index in [0.29, 0.717) is 24.3 Å². The summed E-state index contributed by atoms with van der Waals surface area (Å²) < 4.78 is 5.16. The van der Waals surface area contributed by atoms with Gasteiger partial charge in [-0.15, -0.1) is 0 Å². The van der Waals surface area contributed by atoms with Crippen LogP contribution in [0.15, 0.2) is 18.2 Å². The first-order valence-corrected chi connectivity index (χ1v) is 5.01. The number of ketones is 1. The zero-order valence-corrected chi connectivity index (χ0v) is 9.46. The smallest absolute Gasteiger partial charge is 0.167 e. The second kappa shape index (κ2) is 5.51. The molecule has 1 aromatic carbocycles. The lowest BCUT2D eigenvalue weighted by molar-refractivity contribution is 0.0980. The molecule has 0 aromatic heterocycles. The summed E-state index contributed by atoms with van der Waals surface area (Å²) in [7, 11) is 3.42. The van der Waals surface area contributed by atoms with Crippen molar-refractivity contribution in [2.24, 2.45) is 0 Å². The summed E-state index contributed by atoms with van der Waals surface area (Å²) in [6.45, 7) is 2.66. The van der Waals surface area contributed by atoms with E-state index in [4.69, 9.17) is 4.74 Å². The van der Waals surface area contributed by atoms with Crippen LogP contribution in [0.5, 0.6) is 5.75 Å². The summed E-state index contributed by atoms with van der Waals surface area (Å²) in [6.07, 6.45) is 0.496.